The molecule has 0 aliphatic rings. The molecule has 0 fully saturated rings. The zero-order valence-electron chi connectivity index (χ0n) is 13.6. The lowest BCUT2D eigenvalue weighted by Crippen LogP contribution is -2.39. The van der Waals surface area contributed by atoms with Crippen molar-refractivity contribution in [3.05, 3.63) is 92.9 Å². The van der Waals surface area contributed by atoms with Crippen molar-refractivity contribution in [3.8, 4) is 0 Å². The summed E-state index contributed by atoms with van der Waals surface area (Å²) in [5.41, 5.74) is 34.3. The Hall–Kier alpha value is -3.47. The van der Waals surface area contributed by atoms with E-state index in [2.05, 4.69) is 91.5 Å². The fourth-order valence-electron chi connectivity index (χ4n) is 1.07. The third kappa shape index (κ3) is 15.2. The number of nitrogens with one attached hydrogen (secondary N) is 1. The molecule has 0 saturated heterocycles. The maximum atomic E-state index is 11.0. The van der Waals surface area contributed by atoms with E-state index in [0.717, 1.165) is 6.26 Å². The van der Waals surface area contributed by atoms with Gasteiger partial charge in [0.15, 0.2) is 0 Å². The SMILES string of the molecule is C=C=C=C=C=C=C=C=C=C=C=C=C=C=C=C[C@H](O)[C@H](C)NS(C)(=O)=O. The number of sulfonamides is 1. The molecule has 0 spiro atoms. The van der Waals surface area contributed by atoms with Crippen LogP contribution in [0.4, 0.5) is 0 Å². The summed E-state index contributed by atoms with van der Waals surface area (Å²) in [6.07, 6.45) is 1.19. The van der Waals surface area contributed by atoms with Crippen LogP contribution in [-0.4, -0.2) is 31.9 Å². The molecular weight excluding hydrogens is 334 g/mol. The summed E-state index contributed by atoms with van der Waals surface area (Å²) in [7, 11) is -3.39. The molecule has 0 aliphatic heterocycles. The van der Waals surface area contributed by atoms with Gasteiger partial charge in [0, 0.05) is 6.04 Å². The van der Waals surface area contributed by atoms with E-state index < -0.39 is 22.2 Å². The van der Waals surface area contributed by atoms with Crippen molar-refractivity contribution in [3.63, 3.8) is 0 Å². The topological polar surface area (TPSA) is 66.4 Å². The van der Waals surface area contributed by atoms with Crippen LogP contribution in [0.1, 0.15) is 6.92 Å². The molecule has 0 bridgehead atoms. The Bertz CT molecular complexity index is 1130. The van der Waals surface area contributed by atoms with Gasteiger partial charge in [-0.05, 0) is 88.4 Å². The van der Waals surface area contributed by atoms with Gasteiger partial charge in [0.1, 0.15) is 0 Å². The standard InChI is InChI=1S/C20H13NO3S/c1-4-5-6-7-8-9-10-11-12-13-14-15-16-17-18-20(22)19(2)21-25(3,23)24/h18-22H,1H2,2-3H3/t19-,20-/m0/s1. The van der Waals surface area contributed by atoms with Crippen molar-refractivity contribution in [1.29, 1.82) is 0 Å². The first-order chi connectivity index (χ1) is 11.9. The average Bonchev–Trinajstić information content (AvgIpc) is 2.53. The third-order valence-corrected chi connectivity index (χ3v) is 2.81. The van der Waals surface area contributed by atoms with Crippen molar-refractivity contribution < 1.29 is 13.5 Å². The Balaban J connectivity index is 5.40. The van der Waals surface area contributed by atoms with E-state index in [4.69, 9.17) is 0 Å². The van der Waals surface area contributed by atoms with Crippen LogP contribution in [0.5, 0.6) is 0 Å². The first kappa shape index (κ1) is 21.5. The Morgan fingerprint density at radius 3 is 1.68 bits per heavy atom. The molecule has 0 aromatic heterocycles. The zero-order valence-corrected chi connectivity index (χ0v) is 14.4. The molecule has 0 amide bonds. The van der Waals surface area contributed by atoms with Gasteiger partial charge in [-0.25, -0.2) is 13.1 Å². The van der Waals surface area contributed by atoms with Crippen LogP contribution in [0.3, 0.4) is 0 Å². The normalized spacial score (nSPS) is 9.88. The van der Waals surface area contributed by atoms with Gasteiger partial charge in [0.25, 0.3) is 0 Å². The fraction of sp³-hybridized carbons (Fsp3) is 0.200. The predicted octanol–water partition coefficient (Wildman–Crippen LogP) is 1.64. The number of rotatable bonds is 4. The Kier molecular flexibility index (Phi) is 11.2. The second-order valence-corrected chi connectivity index (χ2v) is 5.94. The lowest BCUT2D eigenvalue weighted by Gasteiger charge is -2.14. The molecular formula is C20H13NO3S. The third-order valence-electron chi connectivity index (χ3n) is 2.01. The molecule has 0 heterocycles. The summed E-state index contributed by atoms with van der Waals surface area (Å²) in [6, 6.07) is -0.691. The van der Waals surface area contributed by atoms with Gasteiger partial charge in [-0.3, -0.25) is 0 Å². The number of hydrogen-bond donors (Lipinski definition) is 2. The minimum absolute atomic E-state index is 0.691. The Labute approximate surface area is 146 Å². The minimum Gasteiger partial charge on any atom is -0.387 e. The van der Waals surface area contributed by atoms with Gasteiger partial charge in [0.2, 0.25) is 10.0 Å². The van der Waals surface area contributed by atoms with E-state index in [1.807, 2.05) is 0 Å². The summed E-state index contributed by atoms with van der Waals surface area (Å²) >= 11 is 0. The van der Waals surface area contributed by atoms with Crippen LogP contribution in [0.2, 0.25) is 0 Å². The van der Waals surface area contributed by atoms with Crippen molar-refractivity contribution >= 4 is 10.0 Å². The van der Waals surface area contributed by atoms with Gasteiger partial charge in [-0.2, -0.15) is 0 Å². The molecule has 0 aromatic carbocycles. The molecule has 2 N–H and O–H groups in total. The van der Waals surface area contributed by atoms with Crippen LogP contribution in [-0.2, 0) is 10.0 Å². The first-order valence-electron chi connectivity index (χ1n) is 6.63. The van der Waals surface area contributed by atoms with Crippen LogP contribution >= 0.6 is 0 Å². The van der Waals surface area contributed by atoms with E-state index in [0.29, 0.717) is 0 Å². The smallest absolute Gasteiger partial charge is 0.209 e. The second kappa shape index (κ2) is 13.0. The minimum atomic E-state index is -3.39. The fourth-order valence-corrected chi connectivity index (χ4v) is 1.89. The van der Waals surface area contributed by atoms with E-state index in [-0.39, 0.29) is 0 Å². The summed E-state index contributed by atoms with van der Waals surface area (Å²) in [4.78, 5) is 0. The molecule has 25 heavy (non-hydrogen) atoms. The molecule has 5 heteroatoms. The monoisotopic (exact) mass is 347 g/mol. The molecule has 2 atom stereocenters. The molecule has 0 aromatic rings. The molecule has 0 unspecified atom stereocenters. The Morgan fingerprint density at radius 2 is 1.28 bits per heavy atom. The van der Waals surface area contributed by atoms with Gasteiger partial charge >= 0.3 is 0 Å². The Morgan fingerprint density at radius 1 is 0.880 bits per heavy atom. The number of hydrogen-bond acceptors (Lipinski definition) is 3. The highest BCUT2D eigenvalue weighted by Gasteiger charge is 2.14. The number of aliphatic hydroxyl groups excluding tert-OH is 1. The van der Waals surface area contributed by atoms with Gasteiger partial charge in [-0.1, -0.05) is 11.5 Å². The van der Waals surface area contributed by atoms with Crippen molar-refractivity contribution in [1.82, 2.24) is 4.72 Å². The van der Waals surface area contributed by atoms with Crippen molar-refractivity contribution in [2.45, 2.75) is 19.1 Å². The van der Waals surface area contributed by atoms with Crippen LogP contribution in [0.25, 0.3) is 0 Å². The summed E-state index contributed by atoms with van der Waals surface area (Å²) in [5, 5.41) is 9.66. The molecule has 122 valence electrons. The molecule has 0 radical (unpaired) electrons. The molecule has 0 saturated carbocycles. The highest BCUT2D eigenvalue weighted by molar-refractivity contribution is 7.88. The van der Waals surface area contributed by atoms with Crippen LogP contribution in [0.15, 0.2) is 92.9 Å². The highest BCUT2D eigenvalue weighted by Crippen LogP contribution is 1.95. The van der Waals surface area contributed by atoms with Gasteiger partial charge in [-0.15, -0.1) is 0 Å². The molecule has 0 aliphatic carbocycles. The first-order valence-corrected chi connectivity index (χ1v) is 8.52. The maximum absolute atomic E-state index is 11.0. The predicted molar refractivity (Wildman–Crippen MR) is 92.8 cm³/mol. The van der Waals surface area contributed by atoms with E-state index in [1.54, 1.807) is 0 Å². The zero-order chi connectivity index (χ0) is 19.0. The largest absolute Gasteiger partial charge is 0.387 e. The summed E-state index contributed by atoms with van der Waals surface area (Å²) in [6.45, 7) is 4.81. The summed E-state index contributed by atoms with van der Waals surface area (Å²) in [5.74, 6) is 0. The summed E-state index contributed by atoms with van der Waals surface area (Å²) < 4.78 is 24.2. The van der Waals surface area contributed by atoms with Gasteiger partial charge in [0.05, 0.1) is 12.4 Å². The van der Waals surface area contributed by atoms with Crippen molar-refractivity contribution in [2.75, 3.05) is 6.26 Å². The van der Waals surface area contributed by atoms with Crippen LogP contribution < -0.4 is 4.72 Å². The second-order valence-electron chi connectivity index (χ2n) is 4.16. The highest BCUT2D eigenvalue weighted by atomic mass is 32.2. The lowest BCUT2D eigenvalue weighted by molar-refractivity contribution is 0.191. The molecule has 4 nitrogen and oxygen atoms in total. The average molecular weight is 347 g/mol. The maximum Gasteiger partial charge on any atom is 0.209 e. The van der Waals surface area contributed by atoms with Crippen molar-refractivity contribution in [2.24, 2.45) is 0 Å². The lowest BCUT2D eigenvalue weighted by atomic mass is 10.2. The van der Waals surface area contributed by atoms with E-state index in [1.165, 1.54) is 13.0 Å². The quantitative estimate of drug-likeness (QED) is 0.760. The van der Waals surface area contributed by atoms with E-state index >= 15 is 0 Å². The molecule has 0 rings (SSSR count). The van der Waals surface area contributed by atoms with E-state index in [9.17, 15) is 13.5 Å². The number of aliphatic hydroxyl groups is 1. The van der Waals surface area contributed by atoms with Gasteiger partial charge < -0.3 is 5.11 Å². The van der Waals surface area contributed by atoms with Crippen LogP contribution in [0, 0.1) is 0 Å².